The van der Waals surface area contributed by atoms with Crippen molar-refractivity contribution < 1.29 is 19.8 Å². The lowest BCUT2D eigenvalue weighted by Crippen LogP contribution is -2.52. The smallest absolute Gasteiger partial charge is 0.309 e. The van der Waals surface area contributed by atoms with Crippen LogP contribution in [0.4, 0.5) is 0 Å². The van der Waals surface area contributed by atoms with Crippen LogP contribution in [0.1, 0.15) is 41.0 Å². The molecule has 1 unspecified atom stereocenters. The lowest BCUT2D eigenvalue weighted by atomic mass is 9.88. The van der Waals surface area contributed by atoms with Gasteiger partial charge in [0.25, 0.3) is 0 Å². The van der Waals surface area contributed by atoms with Crippen LogP contribution in [0.25, 0.3) is 0 Å². The van der Waals surface area contributed by atoms with Gasteiger partial charge in [-0.15, -0.1) is 0 Å². The number of nitrogens with one attached hydrogen (secondary N) is 1. The Balaban J connectivity index is 4.46. The molecular formula is C11H21NO4. The average molecular weight is 231 g/mol. The van der Waals surface area contributed by atoms with Gasteiger partial charge in [0.1, 0.15) is 0 Å². The van der Waals surface area contributed by atoms with Crippen molar-refractivity contribution in [1.82, 2.24) is 5.32 Å². The Labute approximate surface area is 95.9 Å². The summed E-state index contributed by atoms with van der Waals surface area (Å²) in [4.78, 5) is 22.4. The van der Waals surface area contributed by atoms with Crippen LogP contribution >= 0.6 is 0 Å². The summed E-state index contributed by atoms with van der Waals surface area (Å²) in [6, 6.07) is 0. The predicted octanol–water partition coefficient (Wildman–Crippen LogP) is 0.763. The molecule has 1 amide bonds. The second-order valence-corrected chi connectivity index (χ2v) is 5.31. The van der Waals surface area contributed by atoms with Gasteiger partial charge in [0.2, 0.25) is 5.91 Å². The van der Waals surface area contributed by atoms with E-state index in [9.17, 15) is 14.7 Å². The number of aliphatic hydroxyl groups is 1. The van der Waals surface area contributed by atoms with Gasteiger partial charge < -0.3 is 15.5 Å². The van der Waals surface area contributed by atoms with Crippen LogP contribution in [0.5, 0.6) is 0 Å². The maximum atomic E-state index is 11.6. The van der Waals surface area contributed by atoms with Crippen molar-refractivity contribution in [2.75, 3.05) is 0 Å². The van der Waals surface area contributed by atoms with E-state index < -0.39 is 23.0 Å². The molecule has 0 aliphatic heterocycles. The molecule has 0 aliphatic carbocycles. The third kappa shape index (κ3) is 4.18. The summed E-state index contributed by atoms with van der Waals surface area (Å²) in [6.45, 7) is 7.92. The minimum atomic E-state index is -1.10. The maximum absolute atomic E-state index is 11.6. The minimum Gasteiger partial charge on any atom is -0.481 e. The molecule has 0 aromatic rings. The second kappa shape index (κ2) is 4.82. The Morgan fingerprint density at radius 3 is 2.00 bits per heavy atom. The van der Waals surface area contributed by atoms with Crippen molar-refractivity contribution in [3.8, 4) is 0 Å². The van der Waals surface area contributed by atoms with Gasteiger partial charge in [-0.05, 0) is 34.6 Å². The van der Waals surface area contributed by atoms with Gasteiger partial charge in [0.05, 0.1) is 17.1 Å². The second-order valence-electron chi connectivity index (χ2n) is 5.31. The molecule has 0 radical (unpaired) electrons. The van der Waals surface area contributed by atoms with Crippen LogP contribution in [0.3, 0.4) is 0 Å². The first-order chi connectivity index (χ1) is 6.99. The lowest BCUT2D eigenvalue weighted by Gasteiger charge is -2.30. The number of carboxylic acid groups (broad SMARTS) is 1. The molecule has 0 bridgehead atoms. The normalized spacial score (nSPS) is 14.4. The SMILES string of the molecule is CC(O)C(C)(C)NC(=O)CC(C)(C)C(=O)O. The summed E-state index contributed by atoms with van der Waals surface area (Å²) in [5.41, 5.74) is -1.86. The van der Waals surface area contributed by atoms with Crippen molar-refractivity contribution in [3.63, 3.8) is 0 Å². The van der Waals surface area contributed by atoms with Crippen LogP contribution < -0.4 is 5.32 Å². The fourth-order valence-electron chi connectivity index (χ4n) is 0.985. The maximum Gasteiger partial charge on any atom is 0.309 e. The Morgan fingerprint density at radius 1 is 1.25 bits per heavy atom. The van der Waals surface area contributed by atoms with Crippen LogP contribution in [0.2, 0.25) is 0 Å². The highest BCUT2D eigenvalue weighted by Gasteiger charge is 2.33. The number of rotatable bonds is 5. The first kappa shape index (κ1) is 14.9. The molecule has 0 aromatic heterocycles. The van der Waals surface area contributed by atoms with Crippen molar-refractivity contribution in [2.24, 2.45) is 5.41 Å². The zero-order valence-electron chi connectivity index (χ0n) is 10.5. The fraction of sp³-hybridized carbons (Fsp3) is 0.818. The minimum absolute atomic E-state index is 0.113. The lowest BCUT2D eigenvalue weighted by molar-refractivity contribution is -0.150. The largest absolute Gasteiger partial charge is 0.481 e. The molecule has 5 heteroatoms. The van der Waals surface area contributed by atoms with Gasteiger partial charge in [0.15, 0.2) is 0 Å². The number of carbonyl (C=O) groups excluding carboxylic acids is 1. The van der Waals surface area contributed by atoms with Crippen molar-refractivity contribution in [2.45, 2.75) is 52.7 Å². The monoisotopic (exact) mass is 231 g/mol. The molecule has 3 N–H and O–H groups in total. The number of amides is 1. The molecule has 0 heterocycles. The van der Waals surface area contributed by atoms with Crippen LogP contribution in [-0.4, -0.2) is 33.7 Å². The van der Waals surface area contributed by atoms with E-state index in [4.69, 9.17) is 5.11 Å². The molecule has 0 saturated carbocycles. The Bertz CT molecular complexity index is 282. The first-order valence-corrected chi connectivity index (χ1v) is 5.21. The van der Waals surface area contributed by atoms with E-state index in [1.54, 1.807) is 20.8 Å². The van der Waals surface area contributed by atoms with Gasteiger partial charge in [-0.25, -0.2) is 0 Å². The quantitative estimate of drug-likeness (QED) is 0.652. The van der Waals surface area contributed by atoms with E-state index in [2.05, 4.69) is 5.32 Å². The number of carboxylic acids is 1. The van der Waals surface area contributed by atoms with Crippen LogP contribution in [0.15, 0.2) is 0 Å². The number of carbonyl (C=O) groups is 2. The highest BCUT2D eigenvalue weighted by atomic mass is 16.4. The molecule has 0 rings (SSSR count). The molecule has 1 atom stereocenters. The zero-order valence-corrected chi connectivity index (χ0v) is 10.5. The van der Waals surface area contributed by atoms with E-state index in [0.717, 1.165) is 0 Å². The van der Waals surface area contributed by atoms with Gasteiger partial charge >= 0.3 is 5.97 Å². The predicted molar refractivity (Wildman–Crippen MR) is 59.9 cm³/mol. The summed E-state index contributed by atoms with van der Waals surface area (Å²) in [7, 11) is 0. The number of hydrogen-bond acceptors (Lipinski definition) is 3. The van der Waals surface area contributed by atoms with Crippen molar-refractivity contribution in [3.05, 3.63) is 0 Å². The van der Waals surface area contributed by atoms with E-state index >= 15 is 0 Å². The molecular weight excluding hydrogens is 210 g/mol. The first-order valence-electron chi connectivity index (χ1n) is 5.21. The summed E-state index contributed by atoms with van der Waals surface area (Å²) in [5.74, 6) is -1.39. The average Bonchev–Trinajstić information content (AvgIpc) is 2.00. The summed E-state index contributed by atoms with van der Waals surface area (Å²) < 4.78 is 0. The standard InChI is InChI=1S/C11H21NO4/c1-7(13)11(4,5)12-8(14)6-10(2,3)9(15)16/h7,13H,6H2,1-5H3,(H,12,14)(H,15,16). The van der Waals surface area contributed by atoms with E-state index in [-0.39, 0.29) is 12.3 Å². The van der Waals surface area contributed by atoms with Crippen LogP contribution in [0, 0.1) is 5.41 Å². The Kier molecular flexibility index (Phi) is 4.49. The molecule has 0 aliphatic rings. The summed E-state index contributed by atoms with van der Waals surface area (Å²) >= 11 is 0. The highest BCUT2D eigenvalue weighted by molar-refractivity contribution is 5.84. The van der Waals surface area contributed by atoms with Gasteiger partial charge in [-0.3, -0.25) is 9.59 Å². The zero-order chi connectivity index (χ0) is 13.1. The van der Waals surface area contributed by atoms with Crippen LogP contribution in [-0.2, 0) is 9.59 Å². The molecule has 0 aromatic carbocycles. The highest BCUT2D eigenvalue weighted by Crippen LogP contribution is 2.21. The summed E-state index contributed by atoms with van der Waals surface area (Å²) in [6.07, 6.45) is -0.817. The molecule has 16 heavy (non-hydrogen) atoms. The number of aliphatic carboxylic acids is 1. The number of aliphatic hydroxyl groups excluding tert-OH is 1. The van der Waals surface area contributed by atoms with Gasteiger partial charge in [-0.2, -0.15) is 0 Å². The van der Waals surface area contributed by atoms with Crippen molar-refractivity contribution >= 4 is 11.9 Å². The third-order valence-corrected chi connectivity index (χ3v) is 2.69. The summed E-state index contributed by atoms with van der Waals surface area (Å²) in [5, 5.41) is 20.9. The van der Waals surface area contributed by atoms with Gasteiger partial charge in [0, 0.05) is 6.42 Å². The van der Waals surface area contributed by atoms with E-state index in [1.165, 1.54) is 13.8 Å². The molecule has 5 nitrogen and oxygen atoms in total. The molecule has 94 valence electrons. The molecule has 0 spiro atoms. The van der Waals surface area contributed by atoms with Crippen molar-refractivity contribution in [1.29, 1.82) is 0 Å². The van der Waals surface area contributed by atoms with Gasteiger partial charge in [-0.1, -0.05) is 0 Å². The Hall–Kier alpha value is -1.10. The van der Waals surface area contributed by atoms with E-state index in [0.29, 0.717) is 0 Å². The topological polar surface area (TPSA) is 86.6 Å². The number of hydrogen-bond donors (Lipinski definition) is 3. The third-order valence-electron chi connectivity index (χ3n) is 2.69. The fourth-order valence-corrected chi connectivity index (χ4v) is 0.985. The van der Waals surface area contributed by atoms with E-state index in [1.807, 2.05) is 0 Å². The molecule has 0 saturated heterocycles. The molecule has 0 fully saturated rings. The Morgan fingerprint density at radius 2 is 1.69 bits per heavy atom.